The van der Waals surface area contributed by atoms with Crippen molar-refractivity contribution in [3.8, 4) is 0 Å². The Morgan fingerprint density at radius 1 is 1.29 bits per heavy atom. The molecule has 21 heavy (non-hydrogen) atoms. The van der Waals surface area contributed by atoms with Gasteiger partial charge in [0.2, 0.25) is 15.9 Å². The van der Waals surface area contributed by atoms with Gasteiger partial charge in [0.15, 0.2) is 0 Å². The lowest BCUT2D eigenvalue weighted by Crippen LogP contribution is -2.59. The number of rotatable bonds is 3. The molecule has 0 aliphatic carbocycles. The minimum absolute atomic E-state index is 0. The van der Waals surface area contributed by atoms with E-state index >= 15 is 0 Å². The second-order valence-electron chi connectivity index (χ2n) is 6.13. The van der Waals surface area contributed by atoms with Gasteiger partial charge in [-0.25, -0.2) is 12.7 Å². The van der Waals surface area contributed by atoms with Crippen LogP contribution < -0.4 is 10.6 Å². The molecule has 0 aromatic carbocycles. The Morgan fingerprint density at radius 3 is 2.38 bits per heavy atom. The molecule has 1 atom stereocenters. The second kappa shape index (κ2) is 7.26. The van der Waals surface area contributed by atoms with Gasteiger partial charge in [-0.05, 0) is 45.6 Å². The Hall–Kier alpha value is -0.370. The summed E-state index contributed by atoms with van der Waals surface area (Å²) in [5.74, 6) is 0.0509. The minimum atomic E-state index is -3.10. The molecule has 6 nitrogen and oxygen atoms in total. The third-order valence-corrected chi connectivity index (χ3v) is 5.68. The summed E-state index contributed by atoms with van der Waals surface area (Å²) in [6.07, 6.45) is 5.67. The number of nitrogens with one attached hydrogen (secondary N) is 2. The van der Waals surface area contributed by atoms with Crippen LogP contribution in [0, 0.1) is 0 Å². The fourth-order valence-corrected chi connectivity index (χ4v) is 3.80. The molecule has 0 spiro atoms. The van der Waals surface area contributed by atoms with Crippen molar-refractivity contribution in [3.05, 3.63) is 0 Å². The standard InChI is InChI=1S/C13H25N3O3S.ClH/c1-13(7-3-4-8-14-13)12(17)15-11-5-9-16(10-6-11)20(2,18)19;/h11,14H,3-10H2,1-2H3,(H,15,17);1H. The summed E-state index contributed by atoms with van der Waals surface area (Å²) in [7, 11) is -3.10. The molecular formula is C13H26ClN3O3S. The Morgan fingerprint density at radius 2 is 1.90 bits per heavy atom. The van der Waals surface area contributed by atoms with Crippen molar-refractivity contribution in [2.24, 2.45) is 0 Å². The number of hydrogen-bond acceptors (Lipinski definition) is 4. The van der Waals surface area contributed by atoms with Crippen LogP contribution in [0.1, 0.15) is 39.0 Å². The fraction of sp³-hybridized carbons (Fsp3) is 0.923. The molecule has 0 saturated carbocycles. The van der Waals surface area contributed by atoms with Crippen molar-refractivity contribution in [2.45, 2.75) is 50.6 Å². The molecule has 0 bridgehead atoms. The van der Waals surface area contributed by atoms with E-state index in [1.807, 2.05) is 6.92 Å². The van der Waals surface area contributed by atoms with Crippen LogP contribution in [-0.4, -0.2) is 56.1 Å². The van der Waals surface area contributed by atoms with E-state index in [0.29, 0.717) is 25.9 Å². The van der Waals surface area contributed by atoms with Crippen molar-refractivity contribution in [2.75, 3.05) is 25.9 Å². The van der Waals surface area contributed by atoms with E-state index in [1.54, 1.807) is 0 Å². The molecule has 0 radical (unpaired) electrons. The van der Waals surface area contributed by atoms with Crippen molar-refractivity contribution in [3.63, 3.8) is 0 Å². The first kappa shape index (κ1) is 18.7. The van der Waals surface area contributed by atoms with Gasteiger partial charge in [0, 0.05) is 19.1 Å². The molecule has 1 amide bonds. The predicted octanol–water partition coefficient (Wildman–Crippen LogP) is 0.481. The second-order valence-corrected chi connectivity index (χ2v) is 8.11. The zero-order chi connectivity index (χ0) is 14.8. The molecule has 0 aromatic heterocycles. The minimum Gasteiger partial charge on any atom is -0.352 e. The Balaban J connectivity index is 0.00000220. The van der Waals surface area contributed by atoms with E-state index in [-0.39, 0.29) is 24.4 Å². The molecule has 2 N–H and O–H groups in total. The first-order valence-electron chi connectivity index (χ1n) is 7.32. The van der Waals surface area contributed by atoms with Gasteiger partial charge in [-0.2, -0.15) is 0 Å². The van der Waals surface area contributed by atoms with E-state index in [0.717, 1.165) is 25.8 Å². The fourth-order valence-electron chi connectivity index (χ4n) is 2.93. The van der Waals surface area contributed by atoms with Gasteiger partial charge in [-0.1, -0.05) is 0 Å². The smallest absolute Gasteiger partial charge is 0.240 e. The lowest BCUT2D eigenvalue weighted by atomic mass is 9.89. The molecule has 124 valence electrons. The van der Waals surface area contributed by atoms with Crippen LogP contribution in [0.25, 0.3) is 0 Å². The summed E-state index contributed by atoms with van der Waals surface area (Å²) >= 11 is 0. The molecular weight excluding hydrogens is 314 g/mol. The first-order chi connectivity index (χ1) is 9.31. The topological polar surface area (TPSA) is 78.5 Å². The maximum absolute atomic E-state index is 12.4. The molecule has 2 heterocycles. The highest BCUT2D eigenvalue weighted by molar-refractivity contribution is 7.88. The molecule has 1 unspecified atom stereocenters. The lowest BCUT2D eigenvalue weighted by Gasteiger charge is -2.37. The highest BCUT2D eigenvalue weighted by atomic mass is 35.5. The van der Waals surface area contributed by atoms with Gasteiger partial charge < -0.3 is 10.6 Å². The molecule has 2 aliphatic rings. The van der Waals surface area contributed by atoms with Crippen LogP contribution in [0.3, 0.4) is 0 Å². The monoisotopic (exact) mass is 339 g/mol. The van der Waals surface area contributed by atoms with Gasteiger partial charge in [0.1, 0.15) is 0 Å². The van der Waals surface area contributed by atoms with Crippen molar-refractivity contribution >= 4 is 28.3 Å². The normalized spacial score (nSPS) is 28.7. The molecule has 0 aromatic rings. The van der Waals surface area contributed by atoms with Crippen LogP contribution in [0.2, 0.25) is 0 Å². The Kier molecular flexibility index (Phi) is 6.46. The molecule has 2 fully saturated rings. The Labute approximate surface area is 133 Å². The van der Waals surface area contributed by atoms with Crippen molar-refractivity contribution in [1.29, 1.82) is 0 Å². The molecule has 2 saturated heterocycles. The molecule has 2 aliphatic heterocycles. The SMILES string of the molecule is CC1(C(=O)NC2CCN(S(C)(=O)=O)CC2)CCCCN1.Cl. The highest BCUT2D eigenvalue weighted by Gasteiger charge is 2.36. The van der Waals surface area contributed by atoms with Gasteiger partial charge in [-0.3, -0.25) is 4.79 Å². The van der Waals surface area contributed by atoms with Crippen LogP contribution in [0.15, 0.2) is 0 Å². The van der Waals surface area contributed by atoms with E-state index < -0.39 is 15.6 Å². The summed E-state index contributed by atoms with van der Waals surface area (Å²) in [6.45, 7) is 3.82. The van der Waals surface area contributed by atoms with Gasteiger partial charge in [0.25, 0.3) is 0 Å². The number of piperidine rings is 2. The van der Waals surface area contributed by atoms with Crippen molar-refractivity contribution in [1.82, 2.24) is 14.9 Å². The number of hydrogen-bond donors (Lipinski definition) is 2. The quantitative estimate of drug-likeness (QED) is 0.784. The van der Waals surface area contributed by atoms with Crippen LogP contribution in [0.4, 0.5) is 0 Å². The third-order valence-electron chi connectivity index (χ3n) is 4.38. The summed E-state index contributed by atoms with van der Waals surface area (Å²) in [4.78, 5) is 12.4. The van der Waals surface area contributed by atoms with Gasteiger partial charge in [-0.15, -0.1) is 12.4 Å². The molecule has 8 heteroatoms. The number of halogens is 1. The van der Waals surface area contributed by atoms with E-state index in [9.17, 15) is 13.2 Å². The average molecular weight is 340 g/mol. The largest absolute Gasteiger partial charge is 0.352 e. The number of sulfonamides is 1. The van der Waals surface area contributed by atoms with Gasteiger partial charge >= 0.3 is 0 Å². The van der Waals surface area contributed by atoms with E-state index in [2.05, 4.69) is 10.6 Å². The summed E-state index contributed by atoms with van der Waals surface area (Å²) in [6, 6.07) is 0.0843. The first-order valence-corrected chi connectivity index (χ1v) is 9.17. The molecule has 2 rings (SSSR count). The number of carbonyl (C=O) groups is 1. The Bertz CT molecular complexity index is 455. The third kappa shape index (κ3) is 4.81. The maximum atomic E-state index is 12.4. The van der Waals surface area contributed by atoms with Gasteiger partial charge in [0.05, 0.1) is 11.8 Å². The average Bonchev–Trinajstić information content (AvgIpc) is 2.39. The zero-order valence-electron chi connectivity index (χ0n) is 12.7. The number of carbonyl (C=O) groups excluding carboxylic acids is 1. The summed E-state index contributed by atoms with van der Waals surface area (Å²) in [5, 5.41) is 6.38. The number of amides is 1. The van der Waals surface area contributed by atoms with E-state index in [1.165, 1.54) is 10.6 Å². The summed E-state index contributed by atoms with van der Waals surface area (Å²) < 4.78 is 24.4. The van der Waals surface area contributed by atoms with Crippen LogP contribution in [-0.2, 0) is 14.8 Å². The van der Waals surface area contributed by atoms with E-state index in [4.69, 9.17) is 0 Å². The van der Waals surface area contributed by atoms with Crippen LogP contribution in [0.5, 0.6) is 0 Å². The number of nitrogens with zero attached hydrogens (tertiary/aromatic N) is 1. The van der Waals surface area contributed by atoms with Crippen LogP contribution >= 0.6 is 12.4 Å². The van der Waals surface area contributed by atoms with Crippen molar-refractivity contribution < 1.29 is 13.2 Å². The highest BCUT2D eigenvalue weighted by Crippen LogP contribution is 2.20. The zero-order valence-corrected chi connectivity index (χ0v) is 14.4. The predicted molar refractivity (Wildman–Crippen MR) is 85.1 cm³/mol. The lowest BCUT2D eigenvalue weighted by molar-refractivity contribution is -0.128. The maximum Gasteiger partial charge on any atom is 0.240 e. The summed E-state index contributed by atoms with van der Waals surface area (Å²) in [5.41, 5.74) is -0.466.